The zero-order chi connectivity index (χ0) is 17.0. The molecule has 3 rings (SSSR count). The highest BCUT2D eigenvalue weighted by Crippen LogP contribution is 2.36. The van der Waals surface area contributed by atoms with E-state index in [2.05, 4.69) is 5.32 Å². The lowest BCUT2D eigenvalue weighted by atomic mass is 9.96. The van der Waals surface area contributed by atoms with Crippen LogP contribution in [0.4, 0.5) is 0 Å². The van der Waals surface area contributed by atoms with E-state index in [1.54, 1.807) is 17.8 Å². The molecule has 1 atom stereocenters. The third-order valence-electron chi connectivity index (χ3n) is 4.42. The zero-order valence-corrected chi connectivity index (χ0v) is 14.5. The van der Waals surface area contributed by atoms with Gasteiger partial charge in [0.25, 0.3) is 0 Å². The van der Waals surface area contributed by atoms with Gasteiger partial charge in [-0.3, -0.25) is 4.79 Å². The van der Waals surface area contributed by atoms with E-state index in [0.29, 0.717) is 6.42 Å². The molecule has 1 unspecified atom stereocenters. The monoisotopic (exact) mass is 339 g/mol. The van der Waals surface area contributed by atoms with Crippen molar-refractivity contribution in [2.45, 2.75) is 23.3 Å². The molecule has 124 valence electrons. The molecule has 1 aliphatic rings. The van der Waals surface area contributed by atoms with E-state index in [9.17, 15) is 9.90 Å². The van der Waals surface area contributed by atoms with Crippen LogP contribution in [0.5, 0.6) is 0 Å². The van der Waals surface area contributed by atoms with Gasteiger partial charge in [-0.25, -0.2) is 0 Å². The quantitative estimate of drug-likeness (QED) is 0.649. The van der Waals surface area contributed by atoms with Crippen LogP contribution in [-0.2, 0) is 16.8 Å². The molecular formula is C20H21NO2S. The largest absolute Gasteiger partial charge is 0.383 e. The maximum atomic E-state index is 12.0. The summed E-state index contributed by atoms with van der Waals surface area (Å²) in [5.74, 6) is -0.193. The Balaban J connectivity index is 1.58. The summed E-state index contributed by atoms with van der Waals surface area (Å²) >= 11 is 1.69. The van der Waals surface area contributed by atoms with Crippen molar-refractivity contribution in [1.82, 2.24) is 5.32 Å². The molecule has 0 aliphatic heterocycles. The van der Waals surface area contributed by atoms with Crippen molar-refractivity contribution in [2.24, 2.45) is 0 Å². The summed E-state index contributed by atoms with van der Waals surface area (Å²) in [5, 5.41) is 13.6. The molecule has 2 aromatic rings. The number of thioether (sulfide) groups is 1. The van der Waals surface area contributed by atoms with Crippen molar-refractivity contribution >= 4 is 23.7 Å². The van der Waals surface area contributed by atoms with E-state index in [4.69, 9.17) is 0 Å². The minimum Gasteiger partial charge on any atom is -0.383 e. The maximum Gasteiger partial charge on any atom is 0.244 e. The Morgan fingerprint density at radius 1 is 1.25 bits per heavy atom. The van der Waals surface area contributed by atoms with Crippen molar-refractivity contribution in [2.75, 3.05) is 12.8 Å². The summed E-state index contributed by atoms with van der Waals surface area (Å²) in [4.78, 5) is 13.2. The van der Waals surface area contributed by atoms with Gasteiger partial charge in [0.2, 0.25) is 5.91 Å². The van der Waals surface area contributed by atoms with Gasteiger partial charge >= 0.3 is 0 Å². The molecular weight excluding hydrogens is 318 g/mol. The Kier molecular flexibility index (Phi) is 5.07. The van der Waals surface area contributed by atoms with E-state index in [0.717, 1.165) is 17.5 Å². The van der Waals surface area contributed by atoms with Gasteiger partial charge in [0.15, 0.2) is 0 Å². The van der Waals surface area contributed by atoms with Gasteiger partial charge in [-0.2, -0.15) is 0 Å². The Morgan fingerprint density at radius 3 is 2.75 bits per heavy atom. The standard InChI is InChI=1S/C20H21NO2S/c1-24-17-9-6-15(7-10-17)8-11-19(22)21-14-20(23)13-12-16-4-2-3-5-18(16)20/h2-11,23H,12-14H2,1H3,(H,21,22). The lowest BCUT2D eigenvalue weighted by Crippen LogP contribution is -2.38. The molecule has 0 fully saturated rings. The molecule has 0 spiro atoms. The highest BCUT2D eigenvalue weighted by molar-refractivity contribution is 7.98. The fourth-order valence-electron chi connectivity index (χ4n) is 3.03. The second-order valence-corrected chi connectivity index (χ2v) is 6.89. The Labute approximate surface area is 146 Å². The predicted molar refractivity (Wildman–Crippen MR) is 98.9 cm³/mol. The molecule has 3 nitrogen and oxygen atoms in total. The third-order valence-corrected chi connectivity index (χ3v) is 5.17. The first kappa shape index (κ1) is 16.8. The van der Waals surface area contributed by atoms with E-state index in [1.165, 1.54) is 16.5 Å². The Bertz CT molecular complexity index is 754. The zero-order valence-electron chi connectivity index (χ0n) is 13.7. The minimum atomic E-state index is -0.958. The van der Waals surface area contributed by atoms with Crippen molar-refractivity contribution in [3.8, 4) is 0 Å². The predicted octanol–water partition coefficient (Wildman–Crippen LogP) is 3.37. The number of fused-ring (bicyclic) bond motifs is 1. The van der Waals surface area contributed by atoms with Gasteiger partial charge in [-0.15, -0.1) is 11.8 Å². The lowest BCUT2D eigenvalue weighted by Gasteiger charge is -2.24. The van der Waals surface area contributed by atoms with Gasteiger partial charge in [0.1, 0.15) is 5.60 Å². The number of aliphatic hydroxyl groups is 1. The Morgan fingerprint density at radius 2 is 2.00 bits per heavy atom. The number of carbonyl (C=O) groups is 1. The number of nitrogens with one attached hydrogen (secondary N) is 1. The molecule has 0 saturated carbocycles. The van der Waals surface area contributed by atoms with Gasteiger partial charge < -0.3 is 10.4 Å². The molecule has 0 bridgehead atoms. The minimum absolute atomic E-state index is 0.193. The van der Waals surface area contributed by atoms with Gasteiger partial charge in [-0.1, -0.05) is 36.4 Å². The number of hydrogen-bond donors (Lipinski definition) is 2. The highest BCUT2D eigenvalue weighted by atomic mass is 32.2. The number of benzene rings is 2. The van der Waals surface area contributed by atoms with Crippen molar-refractivity contribution < 1.29 is 9.90 Å². The summed E-state index contributed by atoms with van der Waals surface area (Å²) in [7, 11) is 0. The Hall–Kier alpha value is -2.04. The van der Waals surface area contributed by atoms with E-state index in [-0.39, 0.29) is 12.5 Å². The van der Waals surface area contributed by atoms with Crippen LogP contribution in [0.1, 0.15) is 23.1 Å². The second-order valence-electron chi connectivity index (χ2n) is 6.01. The molecule has 24 heavy (non-hydrogen) atoms. The lowest BCUT2D eigenvalue weighted by molar-refractivity contribution is -0.117. The highest BCUT2D eigenvalue weighted by Gasteiger charge is 2.36. The third kappa shape index (κ3) is 3.71. The molecule has 0 saturated heterocycles. The van der Waals surface area contributed by atoms with Crippen molar-refractivity contribution in [1.29, 1.82) is 0 Å². The number of aryl methyl sites for hydroxylation is 1. The molecule has 1 aliphatic carbocycles. The number of hydrogen-bond acceptors (Lipinski definition) is 3. The topological polar surface area (TPSA) is 49.3 Å². The summed E-state index contributed by atoms with van der Waals surface area (Å²) in [6.07, 6.45) is 6.82. The molecule has 0 radical (unpaired) electrons. The fraction of sp³-hybridized carbons (Fsp3) is 0.250. The number of amides is 1. The fourth-order valence-corrected chi connectivity index (χ4v) is 3.44. The number of rotatable bonds is 5. The van der Waals surface area contributed by atoms with Crippen LogP contribution in [0.2, 0.25) is 0 Å². The van der Waals surface area contributed by atoms with Gasteiger partial charge in [0.05, 0.1) is 6.54 Å². The van der Waals surface area contributed by atoms with Crippen LogP contribution in [0.25, 0.3) is 6.08 Å². The molecule has 0 heterocycles. The van der Waals surface area contributed by atoms with E-state index < -0.39 is 5.60 Å². The van der Waals surface area contributed by atoms with Crippen LogP contribution in [-0.4, -0.2) is 23.8 Å². The number of carbonyl (C=O) groups excluding carboxylic acids is 1. The van der Waals surface area contributed by atoms with Gasteiger partial charge in [-0.05, 0) is 54.0 Å². The summed E-state index contributed by atoms with van der Waals surface area (Å²) < 4.78 is 0. The first-order valence-electron chi connectivity index (χ1n) is 8.01. The summed E-state index contributed by atoms with van der Waals surface area (Å²) in [5.41, 5.74) is 2.12. The summed E-state index contributed by atoms with van der Waals surface area (Å²) in [6, 6.07) is 15.9. The average Bonchev–Trinajstić information content (AvgIpc) is 2.96. The van der Waals surface area contributed by atoms with Crippen LogP contribution in [0.3, 0.4) is 0 Å². The molecule has 1 amide bonds. The maximum absolute atomic E-state index is 12.0. The van der Waals surface area contributed by atoms with Crippen LogP contribution in [0, 0.1) is 0 Å². The molecule has 2 N–H and O–H groups in total. The van der Waals surface area contributed by atoms with Crippen molar-refractivity contribution in [3.63, 3.8) is 0 Å². The summed E-state index contributed by atoms with van der Waals surface area (Å²) in [6.45, 7) is 0.235. The van der Waals surface area contributed by atoms with Crippen LogP contribution in [0.15, 0.2) is 59.5 Å². The van der Waals surface area contributed by atoms with Crippen LogP contribution >= 0.6 is 11.8 Å². The van der Waals surface area contributed by atoms with Gasteiger partial charge in [0, 0.05) is 11.0 Å². The van der Waals surface area contributed by atoms with E-state index in [1.807, 2.05) is 54.8 Å². The van der Waals surface area contributed by atoms with E-state index >= 15 is 0 Å². The molecule has 0 aromatic heterocycles. The molecule has 2 aromatic carbocycles. The normalized spacial score (nSPS) is 19.4. The SMILES string of the molecule is CSc1ccc(C=CC(=O)NCC2(O)CCc3ccccc32)cc1. The second kappa shape index (κ2) is 7.24. The average molecular weight is 339 g/mol. The molecule has 4 heteroatoms. The van der Waals surface area contributed by atoms with Crippen LogP contribution < -0.4 is 5.32 Å². The van der Waals surface area contributed by atoms with Crippen molar-refractivity contribution in [3.05, 3.63) is 71.3 Å². The first-order valence-corrected chi connectivity index (χ1v) is 9.24. The smallest absolute Gasteiger partial charge is 0.244 e. The first-order chi connectivity index (χ1) is 11.6.